The molecule has 4 heteroatoms. The normalized spacial score (nSPS) is 23.0. The quantitative estimate of drug-likeness (QED) is 0.836. The van der Waals surface area contributed by atoms with E-state index >= 15 is 0 Å². The highest BCUT2D eigenvalue weighted by molar-refractivity contribution is 7.99. The van der Waals surface area contributed by atoms with Gasteiger partial charge in [-0.1, -0.05) is 0 Å². The molecule has 2 N–H and O–H groups in total. The molecule has 1 aliphatic rings. The van der Waals surface area contributed by atoms with Crippen molar-refractivity contribution in [1.82, 2.24) is 9.97 Å². The smallest absolute Gasteiger partial charge is 0.141 e. The maximum absolute atomic E-state index is 5.83. The third-order valence-corrected chi connectivity index (χ3v) is 4.12. The molecule has 2 atom stereocenters. The molecule has 0 bridgehead atoms. The van der Waals surface area contributed by atoms with Crippen LogP contribution in [0.5, 0.6) is 0 Å². The van der Waals surface area contributed by atoms with Crippen LogP contribution in [0.25, 0.3) is 0 Å². The number of nitrogens with zero attached hydrogens (tertiary/aromatic N) is 2. The average Bonchev–Trinajstić information content (AvgIpc) is 2.69. The van der Waals surface area contributed by atoms with Gasteiger partial charge in [0.1, 0.15) is 5.82 Å². The van der Waals surface area contributed by atoms with Gasteiger partial charge in [-0.3, -0.25) is 0 Å². The molecule has 0 radical (unpaired) electrons. The zero-order valence-electron chi connectivity index (χ0n) is 9.23. The van der Waals surface area contributed by atoms with E-state index in [0.29, 0.717) is 5.25 Å². The topological polar surface area (TPSA) is 51.8 Å². The Balaban J connectivity index is 2.24. The van der Waals surface area contributed by atoms with Crippen molar-refractivity contribution in [2.24, 2.45) is 5.73 Å². The van der Waals surface area contributed by atoms with Crippen LogP contribution in [-0.4, -0.2) is 15.7 Å². The predicted molar refractivity (Wildman–Crippen MR) is 63.8 cm³/mol. The standard InChI is InChI=1S/C11H17N3S/c1-7(12)9-6-13-11(14-8(9)2)10-4-3-5-15-10/h6-7,10H,3-5,12H2,1-2H3/t7-,10?/m0/s1. The van der Waals surface area contributed by atoms with Crippen molar-refractivity contribution in [3.05, 3.63) is 23.3 Å². The molecular weight excluding hydrogens is 206 g/mol. The van der Waals surface area contributed by atoms with Crippen molar-refractivity contribution in [3.63, 3.8) is 0 Å². The van der Waals surface area contributed by atoms with Gasteiger partial charge in [0.05, 0.1) is 5.25 Å². The summed E-state index contributed by atoms with van der Waals surface area (Å²) in [7, 11) is 0. The van der Waals surface area contributed by atoms with E-state index in [1.807, 2.05) is 31.8 Å². The van der Waals surface area contributed by atoms with Crippen molar-refractivity contribution in [3.8, 4) is 0 Å². The molecule has 1 aromatic heterocycles. The molecule has 3 nitrogen and oxygen atoms in total. The van der Waals surface area contributed by atoms with Gasteiger partial charge in [-0.05, 0) is 32.4 Å². The summed E-state index contributed by atoms with van der Waals surface area (Å²) in [5, 5.41) is 0.505. The van der Waals surface area contributed by atoms with Crippen molar-refractivity contribution < 1.29 is 0 Å². The fourth-order valence-electron chi connectivity index (χ4n) is 1.88. The van der Waals surface area contributed by atoms with Gasteiger partial charge in [-0.25, -0.2) is 9.97 Å². The summed E-state index contributed by atoms with van der Waals surface area (Å²) in [4.78, 5) is 9.00. The molecule has 2 heterocycles. The van der Waals surface area contributed by atoms with E-state index in [9.17, 15) is 0 Å². The summed E-state index contributed by atoms with van der Waals surface area (Å²) in [5.74, 6) is 2.22. The van der Waals surface area contributed by atoms with Gasteiger partial charge in [0, 0.05) is 23.5 Å². The number of aromatic nitrogens is 2. The number of nitrogens with two attached hydrogens (primary N) is 1. The van der Waals surface area contributed by atoms with Gasteiger partial charge in [0.15, 0.2) is 0 Å². The van der Waals surface area contributed by atoms with Crippen LogP contribution in [0.2, 0.25) is 0 Å². The Bertz CT molecular complexity index is 346. The molecule has 0 spiro atoms. The first-order valence-electron chi connectivity index (χ1n) is 5.39. The van der Waals surface area contributed by atoms with E-state index in [0.717, 1.165) is 17.1 Å². The van der Waals surface area contributed by atoms with Crippen LogP contribution < -0.4 is 5.73 Å². The number of thioether (sulfide) groups is 1. The van der Waals surface area contributed by atoms with Crippen LogP contribution in [-0.2, 0) is 0 Å². The third-order valence-electron chi connectivity index (χ3n) is 2.74. The van der Waals surface area contributed by atoms with Crippen molar-refractivity contribution >= 4 is 11.8 Å². The average molecular weight is 223 g/mol. The van der Waals surface area contributed by atoms with Gasteiger partial charge < -0.3 is 5.73 Å². The number of hydrogen-bond acceptors (Lipinski definition) is 4. The highest BCUT2D eigenvalue weighted by Gasteiger charge is 2.21. The molecular formula is C11H17N3S. The Labute approximate surface area is 94.9 Å². The van der Waals surface area contributed by atoms with E-state index in [-0.39, 0.29) is 6.04 Å². The van der Waals surface area contributed by atoms with Crippen LogP contribution in [0.15, 0.2) is 6.20 Å². The maximum Gasteiger partial charge on any atom is 0.141 e. The van der Waals surface area contributed by atoms with Crippen LogP contribution in [0.3, 0.4) is 0 Å². The van der Waals surface area contributed by atoms with E-state index in [4.69, 9.17) is 5.73 Å². The zero-order valence-corrected chi connectivity index (χ0v) is 10.0. The first-order valence-corrected chi connectivity index (χ1v) is 6.44. The second-order valence-electron chi connectivity index (χ2n) is 4.06. The molecule has 2 rings (SSSR count). The second-order valence-corrected chi connectivity index (χ2v) is 5.37. The summed E-state index contributed by atoms with van der Waals surface area (Å²) >= 11 is 1.96. The van der Waals surface area contributed by atoms with Crippen molar-refractivity contribution in [1.29, 1.82) is 0 Å². The van der Waals surface area contributed by atoms with E-state index in [1.54, 1.807) is 0 Å². The Morgan fingerprint density at radius 2 is 2.40 bits per heavy atom. The summed E-state index contributed by atoms with van der Waals surface area (Å²) in [5.41, 5.74) is 7.92. The lowest BCUT2D eigenvalue weighted by atomic mass is 10.1. The van der Waals surface area contributed by atoms with Gasteiger partial charge in [-0.2, -0.15) is 11.8 Å². The van der Waals surface area contributed by atoms with Crippen LogP contribution in [0.4, 0.5) is 0 Å². The van der Waals surface area contributed by atoms with Crippen LogP contribution in [0.1, 0.15) is 48.1 Å². The summed E-state index contributed by atoms with van der Waals surface area (Å²) in [6.07, 6.45) is 4.38. The molecule has 82 valence electrons. The summed E-state index contributed by atoms with van der Waals surface area (Å²) in [6.45, 7) is 3.99. The minimum atomic E-state index is 0.0234. The molecule has 0 aromatic carbocycles. The zero-order chi connectivity index (χ0) is 10.8. The molecule has 0 saturated carbocycles. The molecule has 1 fully saturated rings. The van der Waals surface area contributed by atoms with Gasteiger partial charge >= 0.3 is 0 Å². The molecule has 0 aliphatic carbocycles. The first kappa shape index (κ1) is 10.9. The van der Waals surface area contributed by atoms with Gasteiger partial charge in [-0.15, -0.1) is 0 Å². The number of aryl methyl sites for hydroxylation is 1. The summed E-state index contributed by atoms with van der Waals surface area (Å²) in [6, 6.07) is 0.0234. The third kappa shape index (κ3) is 2.32. The minimum Gasteiger partial charge on any atom is -0.324 e. The number of hydrogen-bond donors (Lipinski definition) is 1. The molecule has 1 aliphatic heterocycles. The maximum atomic E-state index is 5.83. The highest BCUT2D eigenvalue weighted by atomic mass is 32.2. The number of rotatable bonds is 2. The molecule has 1 aromatic rings. The lowest BCUT2D eigenvalue weighted by Crippen LogP contribution is -2.11. The fourth-order valence-corrected chi connectivity index (χ4v) is 3.09. The van der Waals surface area contributed by atoms with E-state index in [1.165, 1.54) is 18.6 Å². The van der Waals surface area contributed by atoms with E-state index < -0.39 is 0 Å². The Kier molecular flexibility index (Phi) is 3.26. The molecule has 15 heavy (non-hydrogen) atoms. The Morgan fingerprint density at radius 3 is 2.93 bits per heavy atom. The molecule has 0 amide bonds. The van der Waals surface area contributed by atoms with Crippen molar-refractivity contribution in [2.45, 2.75) is 38.0 Å². The van der Waals surface area contributed by atoms with Crippen molar-refractivity contribution in [2.75, 3.05) is 5.75 Å². The largest absolute Gasteiger partial charge is 0.324 e. The lowest BCUT2D eigenvalue weighted by Gasteiger charge is -2.12. The SMILES string of the molecule is Cc1nc(C2CCCS2)ncc1[C@H](C)N. The molecule has 1 unspecified atom stereocenters. The first-order chi connectivity index (χ1) is 7.18. The lowest BCUT2D eigenvalue weighted by molar-refractivity contribution is 0.740. The van der Waals surface area contributed by atoms with Gasteiger partial charge in [0.25, 0.3) is 0 Å². The molecule has 1 saturated heterocycles. The monoisotopic (exact) mass is 223 g/mol. The van der Waals surface area contributed by atoms with Crippen LogP contribution >= 0.6 is 11.8 Å². The fraction of sp³-hybridized carbons (Fsp3) is 0.636. The summed E-state index contributed by atoms with van der Waals surface area (Å²) < 4.78 is 0. The second kappa shape index (κ2) is 4.49. The minimum absolute atomic E-state index is 0.0234. The highest BCUT2D eigenvalue weighted by Crippen LogP contribution is 2.38. The Hall–Kier alpha value is -0.610. The van der Waals surface area contributed by atoms with Crippen LogP contribution in [0, 0.1) is 6.92 Å². The van der Waals surface area contributed by atoms with E-state index in [2.05, 4.69) is 9.97 Å². The van der Waals surface area contributed by atoms with Gasteiger partial charge in [0.2, 0.25) is 0 Å². The Morgan fingerprint density at radius 1 is 1.60 bits per heavy atom. The predicted octanol–water partition coefficient (Wildman–Crippen LogP) is 2.37.